The smallest absolute Gasteiger partial charge is 0.148 e. The van der Waals surface area contributed by atoms with Gasteiger partial charge in [0.25, 0.3) is 0 Å². The van der Waals surface area contributed by atoms with Crippen LogP contribution in [0.3, 0.4) is 0 Å². The normalized spacial score (nSPS) is 21.3. The highest BCUT2D eigenvalue weighted by Gasteiger charge is 2.39. The summed E-state index contributed by atoms with van der Waals surface area (Å²) in [5, 5.41) is 11.8. The van der Waals surface area contributed by atoms with Crippen LogP contribution in [0.5, 0.6) is 0 Å². The van der Waals surface area contributed by atoms with Crippen LogP contribution >= 0.6 is 0 Å². The number of hydrogen-bond donors (Lipinski definition) is 1. The number of aromatic nitrogens is 4. The summed E-state index contributed by atoms with van der Waals surface area (Å²) in [5.74, 6) is 2.67. The first-order valence-corrected chi connectivity index (χ1v) is 10.9. The molecule has 3 aromatic heterocycles. The Labute approximate surface area is 185 Å². The number of H-pyrrole nitrogens is 1. The fourth-order valence-electron chi connectivity index (χ4n) is 4.63. The Balaban J connectivity index is 1.43. The topological polar surface area (TPSA) is 84.5 Å². The first-order valence-electron chi connectivity index (χ1n) is 10.9. The molecule has 5 heterocycles. The average Bonchev–Trinajstić information content (AvgIpc) is 3.60. The van der Waals surface area contributed by atoms with Gasteiger partial charge >= 0.3 is 0 Å². The van der Waals surface area contributed by atoms with Crippen LogP contribution < -0.4 is 0 Å². The minimum atomic E-state index is 0.0615. The number of hydrogen-bond acceptors (Lipinski definition) is 6. The van der Waals surface area contributed by atoms with Gasteiger partial charge in [-0.1, -0.05) is 37.3 Å². The quantitative estimate of drug-likeness (QED) is 0.530. The van der Waals surface area contributed by atoms with E-state index in [4.69, 9.17) is 19.2 Å². The molecule has 2 aliphatic rings. The van der Waals surface area contributed by atoms with Gasteiger partial charge in [0.1, 0.15) is 23.0 Å². The van der Waals surface area contributed by atoms with E-state index in [0.29, 0.717) is 0 Å². The lowest BCUT2D eigenvalue weighted by Gasteiger charge is -2.38. The van der Waals surface area contributed by atoms with Crippen molar-refractivity contribution in [2.45, 2.75) is 13.0 Å². The van der Waals surface area contributed by atoms with Gasteiger partial charge in [-0.15, -0.1) is 0 Å². The van der Waals surface area contributed by atoms with E-state index >= 15 is 0 Å². The van der Waals surface area contributed by atoms with E-state index in [2.05, 4.69) is 34.2 Å². The van der Waals surface area contributed by atoms with Gasteiger partial charge in [-0.05, 0) is 6.07 Å². The first kappa shape index (κ1) is 19.2. The van der Waals surface area contributed by atoms with Crippen molar-refractivity contribution in [1.82, 2.24) is 24.9 Å². The van der Waals surface area contributed by atoms with Crippen LogP contribution in [0, 0.1) is 5.92 Å². The molecule has 0 spiro atoms. The number of ether oxygens (including phenoxy) is 1. The number of fused-ring (bicyclic) bond motifs is 1. The molecule has 1 fully saturated rings. The maximum absolute atomic E-state index is 6.37. The minimum absolute atomic E-state index is 0.0615. The zero-order valence-corrected chi connectivity index (χ0v) is 17.8. The standard InChI is InChI=1S/C24H24N6O2/c1-16-22(29-9-11-31-12-10-29)23-20(13-21(32-23)18-14-25-26-15-18)27-24(16)30-8-7-19(28-30)17-5-3-2-4-6-17/h2-8,13-16,22H,9-12H2,1H3,(H,25,26). The van der Waals surface area contributed by atoms with Crippen molar-refractivity contribution in [3.8, 4) is 22.6 Å². The Morgan fingerprint density at radius 1 is 1.06 bits per heavy atom. The molecule has 0 amide bonds. The zero-order valence-electron chi connectivity index (χ0n) is 17.8. The Hall–Kier alpha value is -3.49. The van der Waals surface area contributed by atoms with Gasteiger partial charge in [-0.3, -0.25) is 10.00 Å². The van der Waals surface area contributed by atoms with Gasteiger partial charge in [0.05, 0.1) is 36.7 Å². The van der Waals surface area contributed by atoms with Crippen molar-refractivity contribution in [2.24, 2.45) is 10.9 Å². The third-order valence-corrected chi connectivity index (χ3v) is 6.24. The van der Waals surface area contributed by atoms with Crippen LogP contribution in [0.15, 0.2) is 70.5 Å². The maximum Gasteiger partial charge on any atom is 0.148 e. The van der Waals surface area contributed by atoms with Gasteiger partial charge in [-0.2, -0.15) is 10.2 Å². The van der Waals surface area contributed by atoms with E-state index in [1.54, 1.807) is 6.20 Å². The minimum Gasteiger partial charge on any atom is -0.457 e. The fraction of sp³-hybridized carbons (Fsp3) is 0.292. The van der Waals surface area contributed by atoms with E-state index in [1.807, 2.05) is 47.4 Å². The molecule has 6 rings (SSSR count). The lowest BCUT2D eigenvalue weighted by molar-refractivity contribution is 0.00444. The molecule has 2 aliphatic heterocycles. The molecule has 0 bridgehead atoms. The van der Waals surface area contributed by atoms with E-state index in [-0.39, 0.29) is 12.0 Å². The molecular formula is C24H24N6O2. The van der Waals surface area contributed by atoms with E-state index in [1.165, 1.54) is 0 Å². The second-order valence-electron chi connectivity index (χ2n) is 8.21. The fourth-order valence-corrected chi connectivity index (χ4v) is 4.63. The predicted octanol–water partition coefficient (Wildman–Crippen LogP) is 4.13. The van der Waals surface area contributed by atoms with Gasteiger partial charge in [-0.25, -0.2) is 9.67 Å². The number of aliphatic imine (C=N–C) groups is 1. The van der Waals surface area contributed by atoms with E-state index in [0.717, 1.165) is 66.2 Å². The van der Waals surface area contributed by atoms with Gasteiger partial charge in [0.15, 0.2) is 0 Å². The number of furan rings is 1. The highest BCUT2D eigenvalue weighted by molar-refractivity contribution is 5.91. The molecule has 1 saturated heterocycles. The number of nitrogens with zero attached hydrogens (tertiary/aromatic N) is 5. The summed E-state index contributed by atoms with van der Waals surface area (Å²) in [6, 6.07) is 14.3. The number of aromatic amines is 1. The van der Waals surface area contributed by atoms with Crippen LogP contribution in [0.4, 0.5) is 5.69 Å². The van der Waals surface area contributed by atoms with Crippen molar-refractivity contribution in [3.63, 3.8) is 0 Å². The SMILES string of the molecule is CC1C(n2ccc(-c3ccccc3)n2)=Nc2cc(-c3cn[nH]c3)oc2C1N1CCOCC1. The Morgan fingerprint density at radius 2 is 1.91 bits per heavy atom. The van der Waals surface area contributed by atoms with Crippen LogP contribution in [-0.4, -0.2) is 57.0 Å². The number of rotatable bonds is 3. The average molecular weight is 428 g/mol. The molecule has 0 aliphatic carbocycles. The van der Waals surface area contributed by atoms with Crippen molar-refractivity contribution in [2.75, 3.05) is 26.3 Å². The molecule has 2 atom stereocenters. The molecule has 8 heteroatoms. The largest absolute Gasteiger partial charge is 0.457 e. The molecule has 32 heavy (non-hydrogen) atoms. The summed E-state index contributed by atoms with van der Waals surface area (Å²) in [6.45, 7) is 5.36. The van der Waals surface area contributed by atoms with Crippen molar-refractivity contribution >= 4 is 11.5 Å². The molecule has 1 aromatic carbocycles. The van der Waals surface area contributed by atoms with Gasteiger partial charge in [0.2, 0.25) is 0 Å². The summed E-state index contributed by atoms with van der Waals surface area (Å²) < 4.78 is 13.9. The third kappa shape index (κ3) is 3.28. The van der Waals surface area contributed by atoms with Crippen LogP contribution in [0.1, 0.15) is 18.7 Å². The monoisotopic (exact) mass is 428 g/mol. The van der Waals surface area contributed by atoms with E-state index in [9.17, 15) is 0 Å². The lowest BCUT2D eigenvalue weighted by atomic mass is 9.93. The summed E-state index contributed by atoms with van der Waals surface area (Å²) in [7, 11) is 0. The first-order chi connectivity index (χ1) is 15.8. The molecule has 2 unspecified atom stereocenters. The predicted molar refractivity (Wildman–Crippen MR) is 121 cm³/mol. The molecule has 0 saturated carbocycles. The molecule has 8 nitrogen and oxygen atoms in total. The summed E-state index contributed by atoms with van der Waals surface area (Å²) in [4.78, 5) is 7.45. The maximum atomic E-state index is 6.37. The third-order valence-electron chi connectivity index (χ3n) is 6.24. The summed E-state index contributed by atoms with van der Waals surface area (Å²) in [5.41, 5.74) is 3.78. The van der Waals surface area contributed by atoms with Crippen molar-refractivity contribution in [3.05, 3.63) is 66.8 Å². The summed E-state index contributed by atoms with van der Waals surface area (Å²) >= 11 is 0. The number of benzene rings is 1. The van der Waals surface area contributed by atoms with Crippen molar-refractivity contribution in [1.29, 1.82) is 0 Å². The Morgan fingerprint density at radius 3 is 2.69 bits per heavy atom. The lowest BCUT2D eigenvalue weighted by Crippen LogP contribution is -2.44. The molecule has 0 radical (unpaired) electrons. The highest BCUT2D eigenvalue weighted by Crippen LogP contribution is 2.44. The van der Waals surface area contributed by atoms with Crippen LogP contribution in [0.2, 0.25) is 0 Å². The molecule has 4 aromatic rings. The number of morpholine rings is 1. The second-order valence-corrected chi connectivity index (χ2v) is 8.21. The zero-order chi connectivity index (χ0) is 21.5. The summed E-state index contributed by atoms with van der Waals surface area (Å²) in [6.07, 6.45) is 5.60. The highest BCUT2D eigenvalue weighted by atomic mass is 16.5. The molecular weight excluding hydrogens is 404 g/mol. The van der Waals surface area contributed by atoms with Gasteiger partial charge in [0, 0.05) is 43.0 Å². The van der Waals surface area contributed by atoms with Crippen LogP contribution in [0.25, 0.3) is 22.6 Å². The second kappa shape index (κ2) is 7.89. The molecule has 162 valence electrons. The van der Waals surface area contributed by atoms with Gasteiger partial charge < -0.3 is 9.15 Å². The molecule has 1 N–H and O–H groups in total. The number of nitrogens with one attached hydrogen (secondary N) is 1. The Kier molecular flexibility index (Phi) is 4.74. The van der Waals surface area contributed by atoms with Crippen LogP contribution in [-0.2, 0) is 4.74 Å². The van der Waals surface area contributed by atoms with Crippen molar-refractivity contribution < 1.29 is 9.15 Å². The van der Waals surface area contributed by atoms with E-state index < -0.39 is 0 Å². The Bertz CT molecular complexity index is 1230.